The first-order valence-corrected chi connectivity index (χ1v) is 6.16. The number of anilines is 2. The maximum atomic E-state index is 11.6. The molecule has 0 fully saturated rings. The van der Waals surface area contributed by atoms with Gasteiger partial charge >= 0.3 is 0 Å². The first-order valence-electron chi connectivity index (χ1n) is 4.61. The highest BCUT2D eigenvalue weighted by Crippen LogP contribution is 2.20. The summed E-state index contributed by atoms with van der Waals surface area (Å²) in [7, 11) is -3.81. The molecule has 0 radical (unpaired) electrons. The molecule has 0 amide bonds. The van der Waals surface area contributed by atoms with E-state index < -0.39 is 15.3 Å². The third kappa shape index (κ3) is 2.86. The number of hydrogen-bond donors (Lipinski definition) is 2. The molecule has 0 spiro atoms. The molecular weight excluding hydrogens is 240 g/mol. The molecule has 0 saturated carbocycles. The normalized spacial score (nSPS) is 12.2. The Morgan fingerprint density at radius 2 is 2.06 bits per heavy atom. The summed E-state index contributed by atoms with van der Waals surface area (Å²) >= 11 is 0. The number of sulfonamides is 1. The van der Waals surface area contributed by atoms with E-state index in [1.54, 1.807) is 6.07 Å². The molecule has 1 aromatic rings. The average Bonchev–Trinajstić information content (AvgIpc) is 2.30. The summed E-state index contributed by atoms with van der Waals surface area (Å²) in [6.45, 7) is 1.26. The van der Waals surface area contributed by atoms with E-state index in [0.717, 1.165) is 0 Å². The van der Waals surface area contributed by atoms with E-state index in [9.17, 15) is 8.42 Å². The Kier molecular flexibility index (Phi) is 3.56. The molecule has 3 N–H and O–H groups in total. The van der Waals surface area contributed by atoms with Crippen LogP contribution in [0.2, 0.25) is 0 Å². The van der Waals surface area contributed by atoms with Crippen LogP contribution in [-0.4, -0.2) is 13.7 Å². The van der Waals surface area contributed by atoms with Crippen molar-refractivity contribution in [1.82, 2.24) is 0 Å². The topological polar surface area (TPSA) is 120 Å². The molecule has 6 nitrogen and oxygen atoms in total. The number of nitrogens with two attached hydrogens (primary N) is 1. The summed E-state index contributed by atoms with van der Waals surface area (Å²) in [5, 5.41) is 16.2. The third-order valence-corrected chi connectivity index (χ3v) is 3.60. The van der Waals surface area contributed by atoms with Crippen molar-refractivity contribution in [3.8, 4) is 12.1 Å². The van der Waals surface area contributed by atoms with Crippen molar-refractivity contribution in [3.05, 3.63) is 23.8 Å². The van der Waals surface area contributed by atoms with E-state index in [2.05, 4.69) is 4.72 Å². The molecule has 0 aromatic heterocycles. The van der Waals surface area contributed by atoms with E-state index in [0.29, 0.717) is 5.69 Å². The molecule has 17 heavy (non-hydrogen) atoms. The van der Waals surface area contributed by atoms with Gasteiger partial charge in [0.05, 0.1) is 17.3 Å². The summed E-state index contributed by atoms with van der Waals surface area (Å²) in [5.74, 6) is 0. The standard InChI is InChI=1S/C10H10N4O2S/c1-7(5-11)17(15,16)14-10-3-2-9(13)4-8(10)6-12/h2-4,7,14H,13H2,1H3. The highest BCUT2D eigenvalue weighted by Gasteiger charge is 2.21. The number of nitrogen functional groups attached to an aromatic ring is 1. The van der Waals surface area contributed by atoms with Crippen LogP contribution in [-0.2, 0) is 10.0 Å². The molecule has 1 aromatic carbocycles. The van der Waals surface area contributed by atoms with Gasteiger partial charge < -0.3 is 5.73 Å². The molecule has 1 unspecified atom stereocenters. The minimum atomic E-state index is -3.81. The molecule has 7 heteroatoms. The zero-order valence-electron chi connectivity index (χ0n) is 9.01. The quantitative estimate of drug-likeness (QED) is 0.768. The van der Waals surface area contributed by atoms with E-state index in [-0.39, 0.29) is 11.3 Å². The Labute approximate surface area is 99.3 Å². The first-order chi connectivity index (χ1) is 7.90. The van der Waals surface area contributed by atoms with Crippen LogP contribution in [0, 0.1) is 22.7 Å². The number of nitrogens with one attached hydrogen (secondary N) is 1. The Morgan fingerprint density at radius 3 is 2.59 bits per heavy atom. The molecular formula is C10H10N4O2S. The molecule has 88 valence electrons. The minimum absolute atomic E-state index is 0.110. The number of rotatable bonds is 3. The average molecular weight is 250 g/mol. The maximum absolute atomic E-state index is 11.6. The zero-order valence-corrected chi connectivity index (χ0v) is 9.82. The number of nitrogens with zero attached hydrogens (tertiary/aromatic N) is 2. The number of nitriles is 2. The molecule has 0 heterocycles. The smallest absolute Gasteiger partial charge is 0.248 e. The van der Waals surface area contributed by atoms with Gasteiger partial charge in [-0.1, -0.05) is 0 Å². The monoisotopic (exact) mass is 250 g/mol. The molecule has 0 bridgehead atoms. The van der Waals surface area contributed by atoms with E-state index in [1.807, 2.05) is 6.07 Å². The van der Waals surface area contributed by atoms with Gasteiger partial charge in [-0.25, -0.2) is 8.42 Å². The second-order valence-corrected chi connectivity index (χ2v) is 5.34. The highest BCUT2D eigenvalue weighted by atomic mass is 32.2. The molecule has 0 aliphatic carbocycles. The van der Waals surface area contributed by atoms with Crippen molar-refractivity contribution >= 4 is 21.4 Å². The van der Waals surface area contributed by atoms with Crippen LogP contribution in [0.5, 0.6) is 0 Å². The fourth-order valence-electron chi connectivity index (χ4n) is 1.05. The fraction of sp³-hybridized carbons (Fsp3) is 0.200. The Hall–Kier alpha value is -2.25. The highest BCUT2D eigenvalue weighted by molar-refractivity contribution is 7.93. The van der Waals surface area contributed by atoms with Crippen LogP contribution in [0.1, 0.15) is 12.5 Å². The number of benzene rings is 1. The lowest BCUT2D eigenvalue weighted by molar-refractivity contribution is 0.597. The van der Waals surface area contributed by atoms with Crippen molar-refractivity contribution in [2.75, 3.05) is 10.5 Å². The largest absolute Gasteiger partial charge is 0.399 e. The molecule has 0 saturated heterocycles. The van der Waals surface area contributed by atoms with Crippen molar-refractivity contribution in [2.45, 2.75) is 12.2 Å². The molecule has 0 aliphatic heterocycles. The van der Waals surface area contributed by atoms with Gasteiger partial charge in [-0.3, -0.25) is 4.72 Å². The van der Waals surface area contributed by atoms with Crippen LogP contribution in [0.25, 0.3) is 0 Å². The van der Waals surface area contributed by atoms with E-state index in [4.69, 9.17) is 16.3 Å². The van der Waals surface area contributed by atoms with Crippen LogP contribution in [0.3, 0.4) is 0 Å². The van der Waals surface area contributed by atoms with Gasteiger partial charge in [0, 0.05) is 5.69 Å². The predicted octanol–water partition coefficient (Wildman–Crippen LogP) is 0.794. The predicted molar refractivity (Wildman–Crippen MR) is 63.2 cm³/mol. The first kappa shape index (κ1) is 12.8. The summed E-state index contributed by atoms with van der Waals surface area (Å²) in [4.78, 5) is 0. The summed E-state index contributed by atoms with van der Waals surface area (Å²) in [5.41, 5.74) is 6.06. The second kappa shape index (κ2) is 4.73. The van der Waals surface area contributed by atoms with Crippen molar-refractivity contribution in [3.63, 3.8) is 0 Å². The molecule has 1 atom stereocenters. The van der Waals surface area contributed by atoms with Gasteiger partial charge in [0.15, 0.2) is 5.25 Å². The Morgan fingerprint density at radius 1 is 1.41 bits per heavy atom. The fourth-order valence-corrected chi connectivity index (χ4v) is 1.85. The summed E-state index contributed by atoms with van der Waals surface area (Å²) in [6.07, 6.45) is 0. The maximum Gasteiger partial charge on any atom is 0.248 e. The Balaban J connectivity index is 3.14. The van der Waals surface area contributed by atoms with Gasteiger partial charge in [-0.2, -0.15) is 10.5 Å². The molecule has 1 rings (SSSR count). The Bertz CT molecular complexity index is 610. The van der Waals surface area contributed by atoms with Crippen molar-refractivity contribution in [2.24, 2.45) is 0 Å². The van der Waals surface area contributed by atoms with E-state index in [1.165, 1.54) is 25.1 Å². The number of hydrogen-bond acceptors (Lipinski definition) is 5. The van der Waals surface area contributed by atoms with Crippen LogP contribution >= 0.6 is 0 Å². The lowest BCUT2D eigenvalue weighted by Gasteiger charge is -2.10. The van der Waals surface area contributed by atoms with Gasteiger partial charge in [-0.05, 0) is 25.1 Å². The van der Waals surface area contributed by atoms with Gasteiger partial charge in [-0.15, -0.1) is 0 Å². The lowest BCUT2D eigenvalue weighted by Crippen LogP contribution is -2.24. The summed E-state index contributed by atoms with van der Waals surface area (Å²) in [6, 6.07) is 7.65. The van der Waals surface area contributed by atoms with Gasteiger partial charge in [0.25, 0.3) is 0 Å². The molecule has 0 aliphatic rings. The van der Waals surface area contributed by atoms with Crippen molar-refractivity contribution < 1.29 is 8.42 Å². The third-order valence-electron chi connectivity index (χ3n) is 2.06. The van der Waals surface area contributed by atoms with Gasteiger partial charge in [0.1, 0.15) is 6.07 Å². The summed E-state index contributed by atoms with van der Waals surface area (Å²) < 4.78 is 25.4. The minimum Gasteiger partial charge on any atom is -0.399 e. The van der Waals surface area contributed by atoms with Crippen LogP contribution in [0.15, 0.2) is 18.2 Å². The second-order valence-electron chi connectivity index (χ2n) is 3.34. The zero-order chi connectivity index (χ0) is 13.1. The lowest BCUT2D eigenvalue weighted by atomic mass is 10.2. The van der Waals surface area contributed by atoms with E-state index >= 15 is 0 Å². The van der Waals surface area contributed by atoms with Crippen molar-refractivity contribution in [1.29, 1.82) is 10.5 Å². The van der Waals surface area contributed by atoms with Gasteiger partial charge in [0.2, 0.25) is 10.0 Å². The van der Waals surface area contributed by atoms with Crippen LogP contribution < -0.4 is 10.5 Å². The van der Waals surface area contributed by atoms with Crippen LogP contribution in [0.4, 0.5) is 11.4 Å². The SMILES string of the molecule is CC(C#N)S(=O)(=O)Nc1ccc(N)cc1C#N.